The van der Waals surface area contributed by atoms with Gasteiger partial charge in [0, 0.05) is 26.6 Å². The van der Waals surface area contributed by atoms with E-state index in [0.717, 1.165) is 16.7 Å². The quantitative estimate of drug-likeness (QED) is 0.733. The molecule has 0 radical (unpaired) electrons. The Labute approximate surface area is 156 Å². The summed E-state index contributed by atoms with van der Waals surface area (Å²) in [6.07, 6.45) is 0.468. The van der Waals surface area contributed by atoms with Crippen LogP contribution in [0.25, 0.3) is 0 Å². The van der Waals surface area contributed by atoms with Crippen LogP contribution in [-0.4, -0.2) is 38.1 Å². The monoisotopic (exact) mass is 374 g/mol. The predicted octanol–water partition coefficient (Wildman–Crippen LogP) is 2.51. The lowest BCUT2D eigenvalue weighted by Crippen LogP contribution is -2.38. The molecule has 6 heteroatoms. The van der Waals surface area contributed by atoms with Crippen LogP contribution >= 0.6 is 0 Å². The Kier molecular flexibility index (Phi) is 7.36. The van der Waals surface area contributed by atoms with Gasteiger partial charge < -0.3 is 4.90 Å². The van der Waals surface area contributed by atoms with Gasteiger partial charge in [-0.3, -0.25) is 4.79 Å². The van der Waals surface area contributed by atoms with Gasteiger partial charge in [-0.2, -0.15) is 0 Å². The van der Waals surface area contributed by atoms with Crippen LogP contribution in [0.5, 0.6) is 0 Å². The molecule has 0 bridgehead atoms. The first-order chi connectivity index (χ1) is 12.4. The molecule has 2 rings (SSSR count). The van der Waals surface area contributed by atoms with Crippen molar-refractivity contribution in [2.45, 2.75) is 26.8 Å². The molecule has 2 aromatic rings. The van der Waals surface area contributed by atoms with Gasteiger partial charge in [-0.25, -0.2) is 13.1 Å². The number of rotatable bonds is 9. The van der Waals surface area contributed by atoms with Crippen molar-refractivity contribution in [1.29, 1.82) is 0 Å². The first-order valence-electron chi connectivity index (χ1n) is 8.68. The van der Waals surface area contributed by atoms with Crippen molar-refractivity contribution < 1.29 is 13.2 Å². The van der Waals surface area contributed by atoms with Crippen LogP contribution in [0.1, 0.15) is 23.6 Å². The number of amides is 1. The lowest BCUT2D eigenvalue weighted by molar-refractivity contribution is -0.129. The summed E-state index contributed by atoms with van der Waals surface area (Å²) in [6.45, 7) is 4.53. The van der Waals surface area contributed by atoms with Gasteiger partial charge in [-0.05, 0) is 24.5 Å². The highest BCUT2D eigenvalue weighted by Crippen LogP contribution is 2.07. The fourth-order valence-electron chi connectivity index (χ4n) is 2.57. The smallest absolute Gasteiger partial charge is 0.219 e. The van der Waals surface area contributed by atoms with Gasteiger partial charge in [-0.15, -0.1) is 0 Å². The van der Waals surface area contributed by atoms with E-state index in [4.69, 9.17) is 0 Å². The number of aryl methyl sites for hydroxylation is 2. The molecule has 0 fully saturated rings. The Bertz CT molecular complexity index is 803. The summed E-state index contributed by atoms with van der Waals surface area (Å²) in [5, 5.41) is 0. The normalized spacial score (nSPS) is 11.3. The standard InChI is InChI=1S/C20H26N2O3S/c1-17-8-10-20(11-9-17)16-22(18(2)23)14-13-21-26(24,25)15-12-19-6-4-3-5-7-19/h3-11,21H,12-16H2,1-2H3. The lowest BCUT2D eigenvalue weighted by atomic mass is 10.1. The minimum atomic E-state index is -3.37. The Morgan fingerprint density at radius 1 is 1.00 bits per heavy atom. The summed E-state index contributed by atoms with van der Waals surface area (Å²) >= 11 is 0. The molecule has 1 N–H and O–H groups in total. The SMILES string of the molecule is CC(=O)N(CCNS(=O)(=O)CCc1ccccc1)Cc1ccc(C)cc1. The number of sulfonamides is 1. The third kappa shape index (κ3) is 6.98. The highest BCUT2D eigenvalue weighted by atomic mass is 32.2. The van der Waals surface area contributed by atoms with E-state index in [2.05, 4.69) is 4.72 Å². The zero-order chi connectivity index (χ0) is 19.0. The Hall–Kier alpha value is -2.18. The van der Waals surface area contributed by atoms with E-state index in [9.17, 15) is 13.2 Å². The Morgan fingerprint density at radius 3 is 2.27 bits per heavy atom. The summed E-state index contributed by atoms with van der Waals surface area (Å²) in [4.78, 5) is 13.5. The maximum Gasteiger partial charge on any atom is 0.219 e. The van der Waals surface area contributed by atoms with Crippen molar-refractivity contribution in [2.75, 3.05) is 18.8 Å². The molecule has 26 heavy (non-hydrogen) atoms. The van der Waals surface area contributed by atoms with E-state index < -0.39 is 10.0 Å². The van der Waals surface area contributed by atoms with Gasteiger partial charge in [0.25, 0.3) is 0 Å². The third-order valence-corrected chi connectivity index (χ3v) is 5.53. The van der Waals surface area contributed by atoms with Crippen LogP contribution in [0.2, 0.25) is 0 Å². The second-order valence-corrected chi connectivity index (χ2v) is 8.30. The van der Waals surface area contributed by atoms with Gasteiger partial charge in [0.05, 0.1) is 5.75 Å². The summed E-state index contributed by atoms with van der Waals surface area (Å²) in [6, 6.07) is 17.5. The molecule has 0 aromatic heterocycles. The molecule has 0 aliphatic carbocycles. The van der Waals surface area contributed by atoms with Crippen molar-refractivity contribution in [3.05, 3.63) is 71.3 Å². The van der Waals surface area contributed by atoms with E-state index >= 15 is 0 Å². The van der Waals surface area contributed by atoms with E-state index in [-0.39, 0.29) is 18.2 Å². The zero-order valence-electron chi connectivity index (χ0n) is 15.3. The van der Waals surface area contributed by atoms with Gasteiger partial charge in [-0.1, -0.05) is 60.2 Å². The number of hydrogen-bond acceptors (Lipinski definition) is 3. The number of nitrogens with one attached hydrogen (secondary N) is 1. The van der Waals surface area contributed by atoms with Crippen molar-refractivity contribution in [3.63, 3.8) is 0 Å². The average molecular weight is 375 g/mol. The molecule has 0 atom stereocenters. The number of benzene rings is 2. The highest BCUT2D eigenvalue weighted by Gasteiger charge is 2.13. The van der Waals surface area contributed by atoms with Crippen LogP contribution in [0, 0.1) is 6.92 Å². The summed E-state index contributed by atoms with van der Waals surface area (Å²) in [5.74, 6) is -0.0382. The molecule has 0 saturated carbocycles. The summed E-state index contributed by atoms with van der Waals surface area (Å²) in [5.41, 5.74) is 3.18. The maximum absolute atomic E-state index is 12.1. The van der Waals surface area contributed by atoms with Gasteiger partial charge in [0.2, 0.25) is 15.9 Å². The second kappa shape index (κ2) is 9.50. The van der Waals surface area contributed by atoms with Gasteiger partial charge in [0.1, 0.15) is 0 Å². The molecule has 0 heterocycles. The van der Waals surface area contributed by atoms with E-state index in [1.807, 2.05) is 61.5 Å². The molecular formula is C20H26N2O3S. The van der Waals surface area contributed by atoms with Gasteiger partial charge in [0.15, 0.2) is 0 Å². The molecule has 5 nitrogen and oxygen atoms in total. The molecule has 0 spiro atoms. The lowest BCUT2D eigenvalue weighted by Gasteiger charge is -2.21. The second-order valence-electron chi connectivity index (χ2n) is 6.37. The number of carbonyl (C=O) groups excluding carboxylic acids is 1. The Morgan fingerprint density at radius 2 is 1.65 bits per heavy atom. The first kappa shape index (κ1) is 20.1. The maximum atomic E-state index is 12.1. The topological polar surface area (TPSA) is 66.5 Å². The number of carbonyl (C=O) groups is 1. The number of nitrogens with zero attached hydrogens (tertiary/aromatic N) is 1. The van der Waals surface area contributed by atoms with Crippen LogP contribution < -0.4 is 4.72 Å². The largest absolute Gasteiger partial charge is 0.337 e. The fourth-order valence-corrected chi connectivity index (χ4v) is 3.62. The third-order valence-electron chi connectivity index (χ3n) is 4.15. The van der Waals surface area contributed by atoms with E-state index in [1.54, 1.807) is 4.90 Å². The molecular weight excluding hydrogens is 348 g/mol. The van der Waals surface area contributed by atoms with Crippen LogP contribution in [0.15, 0.2) is 54.6 Å². The van der Waals surface area contributed by atoms with Crippen molar-refractivity contribution in [2.24, 2.45) is 0 Å². The van der Waals surface area contributed by atoms with Crippen LogP contribution in [0.3, 0.4) is 0 Å². The van der Waals surface area contributed by atoms with Crippen molar-refractivity contribution >= 4 is 15.9 Å². The molecule has 1 amide bonds. The molecule has 2 aromatic carbocycles. The summed E-state index contributed by atoms with van der Waals surface area (Å²) in [7, 11) is -3.37. The van der Waals surface area contributed by atoms with E-state index in [1.165, 1.54) is 6.92 Å². The average Bonchev–Trinajstić information content (AvgIpc) is 2.61. The highest BCUT2D eigenvalue weighted by molar-refractivity contribution is 7.89. The van der Waals surface area contributed by atoms with Crippen LogP contribution in [0.4, 0.5) is 0 Å². The molecule has 0 aliphatic rings. The van der Waals surface area contributed by atoms with Crippen molar-refractivity contribution in [1.82, 2.24) is 9.62 Å². The van der Waals surface area contributed by atoms with E-state index in [0.29, 0.717) is 19.5 Å². The Balaban J connectivity index is 1.82. The molecule has 140 valence electrons. The zero-order valence-corrected chi connectivity index (χ0v) is 16.1. The molecule has 0 saturated heterocycles. The molecule has 0 aliphatic heterocycles. The molecule has 0 unspecified atom stereocenters. The summed E-state index contributed by atoms with van der Waals surface area (Å²) < 4.78 is 26.9. The minimum absolute atomic E-state index is 0.0368. The van der Waals surface area contributed by atoms with Crippen LogP contribution in [-0.2, 0) is 27.8 Å². The first-order valence-corrected chi connectivity index (χ1v) is 10.3. The fraction of sp³-hybridized carbons (Fsp3) is 0.350. The van der Waals surface area contributed by atoms with Gasteiger partial charge >= 0.3 is 0 Å². The minimum Gasteiger partial charge on any atom is -0.337 e. The van der Waals surface area contributed by atoms with Crippen molar-refractivity contribution in [3.8, 4) is 0 Å². The predicted molar refractivity (Wildman–Crippen MR) is 104 cm³/mol. The number of hydrogen-bond donors (Lipinski definition) is 1.